The van der Waals surface area contributed by atoms with Gasteiger partial charge in [-0.3, -0.25) is 9.59 Å². The third-order valence-corrected chi connectivity index (χ3v) is 6.07. The van der Waals surface area contributed by atoms with Gasteiger partial charge in [-0.2, -0.15) is 0 Å². The second-order valence-corrected chi connectivity index (χ2v) is 10.5. The molecule has 0 saturated heterocycles. The van der Waals surface area contributed by atoms with Crippen LogP contribution in [-0.4, -0.2) is 59.7 Å². The zero-order chi connectivity index (χ0) is 30.3. The number of amides is 1. The third kappa shape index (κ3) is 9.38. The average molecular weight is 581 g/mol. The van der Waals surface area contributed by atoms with Gasteiger partial charge in [0, 0.05) is 31.6 Å². The summed E-state index contributed by atoms with van der Waals surface area (Å²) in [5.74, 6) is -0.576. The van der Waals surface area contributed by atoms with E-state index in [2.05, 4.69) is 15.0 Å². The summed E-state index contributed by atoms with van der Waals surface area (Å²) >= 11 is 0. The summed E-state index contributed by atoms with van der Waals surface area (Å²) < 4.78 is 58.2. The zero-order valence-electron chi connectivity index (χ0n) is 23.4. The van der Waals surface area contributed by atoms with Crippen LogP contribution in [0.5, 0.6) is 11.5 Å². The number of rotatable bonds is 12. The second kappa shape index (κ2) is 13.2. The number of hydrogen-bond donors (Lipinski definition) is 2. The molecule has 0 radical (unpaired) electrons. The van der Waals surface area contributed by atoms with Crippen LogP contribution in [0.15, 0.2) is 53.5 Å². The van der Waals surface area contributed by atoms with Gasteiger partial charge in [0.1, 0.15) is 23.2 Å². The number of halogens is 3. The van der Waals surface area contributed by atoms with Crippen molar-refractivity contribution in [2.45, 2.75) is 77.1 Å². The van der Waals surface area contributed by atoms with Gasteiger partial charge in [0.2, 0.25) is 5.90 Å². The molecule has 1 heterocycles. The molecule has 2 aromatic rings. The summed E-state index contributed by atoms with van der Waals surface area (Å²) in [6.45, 7) is 7.28. The number of ether oxygens (including phenoxy) is 4. The van der Waals surface area contributed by atoms with Crippen LogP contribution in [0.1, 0.15) is 58.1 Å². The second-order valence-electron chi connectivity index (χ2n) is 10.5. The molecule has 0 fully saturated rings. The van der Waals surface area contributed by atoms with E-state index in [0.29, 0.717) is 29.9 Å². The van der Waals surface area contributed by atoms with Gasteiger partial charge >= 0.3 is 12.3 Å². The van der Waals surface area contributed by atoms with Crippen molar-refractivity contribution in [2.75, 3.05) is 13.2 Å². The summed E-state index contributed by atoms with van der Waals surface area (Å²) in [5.41, 5.74) is -1.05. The molecule has 9 nitrogen and oxygen atoms in total. The summed E-state index contributed by atoms with van der Waals surface area (Å²) in [5, 5.41) is 11.7. The lowest BCUT2D eigenvalue weighted by atomic mass is 9.87. The first kappa shape index (κ1) is 31.7. The first-order valence-electron chi connectivity index (χ1n) is 13.2. The van der Waals surface area contributed by atoms with E-state index >= 15 is 0 Å². The Bertz CT molecular complexity index is 1210. The number of esters is 1. The van der Waals surface area contributed by atoms with Crippen LogP contribution in [0.4, 0.5) is 13.2 Å². The van der Waals surface area contributed by atoms with Crippen molar-refractivity contribution in [3.05, 3.63) is 59.7 Å². The van der Waals surface area contributed by atoms with Crippen LogP contribution in [0.3, 0.4) is 0 Å². The molecule has 224 valence electrons. The molecule has 1 aliphatic rings. The first-order chi connectivity index (χ1) is 19.2. The predicted molar refractivity (Wildman–Crippen MR) is 144 cm³/mol. The molecule has 0 spiro atoms. The van der Waals surface area contributed by atoms with Crippen LogP contribution < -0.4 is 14.8 Å². The van der Waals surface area contributed by atoms with E-state index in [-0.39, 0.29) is 37.6 Å². The Hall–Kier alpha value is -3.80. The van der Waals surface area contributed by atoms with Gasteiger partial charge in [-0.05, 0) is 76.1 Å². The number of nitrogens with one attached hydrogen (secondary N) is 1. The molecule has 0 bridgehead atoms. The smallest absolute Gasteiger partial charge is 0.494 e. The van der Waals surface area contributed by atoms with Crippen molar-refractivity contribution in [1.29, 1.82) is 0 Å². The standard InChI is InChI=1S/C29H35F3N2O7/c1-19-28(15-14-24(36)41-27(2,3)4,26(37)33-18-20-6-10-23(11-7-20)40-29(30,31)32)34-25(39-19)21-8-12-22(13-9-21)38-17-5-16-35/h6-13,19,35H,5,14-18H2,1-4H3,(H,33,37)/t19-,28-/m1/s1. The van der Waals surface area contributed by atoms with E-state index in [1.807, 2.05) is 0 Å². The van der Waals surface area contributed by atoms with Crippen molar-refractivity contribution < 1.29 is 46.8 Å². The SMILES string of the molecule is C[C@H]1OC(c2ccc(OCCCO)cc2)=N[C@@]1(CCC(=O)OC(C)(C)C)C(=O)NCc1ccc(OC(F)(F)F)cc1. The molecule has 2 aromatic carbocycles. The molecule has 0 aliphatic carbocycles. The molecule has 3 rings (SSSR count). The lowest BCUT2D eigenvalue weighted by Crippen LogP contribution is -2.51. The number of carbonyl (C=O) groups excluding carboxylic acids is 2. The Kier molecular flexibility index (Phi) is 10.2. The van der Waals surface area contributed by atoms with E-state index in [9.17, 15) is 22.8 Å². The molecule has 1 amide bonds. The largest absolute Gasteiger partial charge is 0.573 e. The zero-order valence-corrected chi connectivity index (χ0v) is 23.4. The Morgan fingerprint density at radius 2 is 1.68 bits per heavy atom. The van der Waals surface area contributed by atoms with Gasteiger partial charge < -0.3 is 29.4 Å². The van der Waals surface area contributed by atoms with Crippen molar-refractivity contribution in [3.63, 3.8) is 0 Å². The molecule has 0 aromatic heterocycles. The number of alkyl halides is 3. The van der Waals surface area contributed by atoms with Crippen molar-refractivity contribution in [2.24, 2.45) is 4.99 Å². The lowest BCUT2D eigenvalue weighted by molar-refractivity contribution is -0.274. The molecule has 2 atom stereocenters. The monoisotopic (exact) mass is 580 g/mol. The van der Waals surface area contributed by atoms with Crippen molar-refractivity contribution in [3.8, 4) is 11.5 Å². The van der Waals surface area contributed by atoms with Crippen LogP contribution in [0.25, 0.3) is 0 Å². The number of aliphatic hydroxyl groups is 1. The van der Waals surface area contributed by atoms with E-state index in [1.165, 1.54) is 12.1 Å². The van der Waals surface area contributed by atoms with Gasteiger partial charge in [-0.15, -0.1) is 13.2 Å². The third-order valence-electron chi connectivity index (χ3n) is 6.07. The number of benzene rings is 2. The molecule has 41 heavy (non-hydrogen) atoms. The van der Waals surface area contributed by atoms with Gasteiger partial charge in [-0.25, -0.2) is 4.99 Å². The summed E-state index contributed by atoms with van der Waals surface area (Å²) in [4.78, 5) is 30.8. The van der Waals surface area contributed by atoms with Crippen LogP contribution in [0, 0.1) is 0 Å². The maximum atomic E-state index is 13.6. The Balaban J connectivity index is 1.79. The number of nitrogens with zero attached hydrogens (tertiary/aromatic N) is 1. The average Bonchev–Trinajstić information content (AvgIpc) is 3.23. The van der Waals surface area contributed by atoms with Crippen LogP contribution in [0.2, 0.25) is 0 Å². The number of aliphatic imine (C=N–C) groups is 1. The van der Waals surface area contributed by atoms with E-state index in [1.54, 1.807) is 52.0 Å². The van der Waals surface area contributed by atoms with Crippen molar-refractivity contribution in [1.82, 2.24) is 5.32 Å². The molecule has 0 unspecified atom stereocenters. The summed E-state index contributed by atoms with van der Waals surface area (Å²) in [6.07, 6.45) is -5.16. The summed E-state index contributed by atoms with van der Waals surface area (Å²) in [6, 6.07) is 12.0. The van der Waals surface area contributed by atoms with Crippen LogP contribution in [-0.2, 0) is 25.6 Å². The fraction of sp³-hybridized carbons (Fsp3) is 0.483. The molecule has 12 heteroatoms. The topological polar surface area (TPSA) is 116 Å². The number of aliphatic hydroxyl groups excluding tert-OH is 1. The minimum atomic E-state index is -4.81. The fourth-order valence-electron chi connectivity index (χ4n) is 4.08. The highest BCUT2D eigenvalue weighted by Gasteiger charge is 2.50. The maximum Gasteiger partial charge on any atom is 0.573 e. The van der Waals surface area contributed by atoms with Crippen molar-refractivity contribution >= 4 is 17.8 Å². The Morgan fingerprint density at radius 3 is 2.27 bits per heavy atom. The van der Waals surface area contributed by atoms with Crippen LogP contribution >= 0.6 is 0 Å². The molecule has 1 aliphatic heterocycles. The highest BCUT2D eigenvalue weighted by atomic mass is 19.4. The van der Waals surface area contributed by atoms with E-state index in [0.717, 1.165) is 12.1 Å². The normalized spacial score (nSPS) is 18.7. The van der Waals surface area contributed by atoms with Gasteiger partial charge in [0.25, 0.3) is 5.91 Å². The highest BCUT2D eigenvalue weighted by Crippen LogP contribution is 2.34. The fourth-order valence-corrected chi connectivity index (χ4v) is 4.08. The molecular formula is C29H35F3N2O7. The Morgan fingerprint density at radius 1 is 1.05 bits per heavy atom. The number of hydrogen-bond acceptors (Lipinski definition) is 8. The van der Waals surface area contributed by atoms with Gasteiger partial charge in [0.15, 0.2) is 5.54 Å². The van der Waals surface area contributed by atoms with Gasteiger partial charge in [0.05, 0.1) is 6.61 Å². The maximum absolute atomic E-state index is 13.6. The predicted octanol–water partition coefficient (Wildman–Crippen LogP) is 4.69. The molecular weight excluding hydrogens is 545 g/mol. The lowest BCUT2D eigenvalue weighted by Gasteiger charge is -2.28. The quantitative estimate of drug-likeness (QED) is 0.277. The van der Waals surface area contributed by atoms with E-state index < -0.39 is 35.5 Å². The minimum absolute atomic E-state index is 0.000865. The first-order valence-corrected chi connectivity index (χ1v) is 13.2. The summed E-state index contributed by atoms with van der Waals surface area (Å²) in [7, 11) is 0. The minimum Gasteiger partial charge on any atom is -0.494 e. The molecule has 0 saturated carbocycles. The number of carbonyl (C=O) groups is 2. The van der Waals surface area contributed by atoms with Gasteiger partial charge in [-0.1, -0.05) is 12.1 Å². The Labute approximate surface area is 236 Å². The molecule has 2 N–H and O–H groups in total. The highest BCUT2D eigenvalue weighted by molar-refractivity contribution is 6.00. The van der Waals surface area contributed by atoms with E-state index in [4.69, 9.17) is 19.3 Å².